The Hall–Kier alpha value is -1.85. The van der Waals surface area contributed by atoms with Crippen molar-refractivity contribution in [2.75, 3.05) is 0 Å². The predicted octanol–water partition coefficient (Wildman–Crippen LogP) is 1.25. The zero-order valence-corrected chi connectivity index (χ0v) is 10.8. The first-order valence-corrected chi connectivity index (χ1v) is 6.65. The van der Waals surface area contributed by atoms with E-state index in [4.69, 9.17) is 0 Å². The van der Waals surface area contributed by atoms with E-state index in [0.717, 1.165) is 25.7 Å². The van der Waals surface area contributed by atoms with Gasteiger partial charge in [-0.3, -0.25) is 9.89 Å². The van der Waals surface area contributed by atoms with Crippen LogP contribution in [0.3, 0.4) is 0 Å². The van der Waals surface area contributed by atoms with Crippen LogP contribution in [-0.4, -0.2) is 32.7 Å². The lowest BCUT2D eigenvalue weighted by atomic mass is 9.90. The van der Waals surface area contributed by atoms with Crippen molar-refractivity contribution in [3.8, 4) is 0 Å². The van der Waals surface area contributed by atoms with Gasteiger partial charge in [-0.2, -0.15) is 5.10 Å². The van der Waals surface area contributed by atoms with Gasteiger partial charge in [0.05, 0.1) is 6.42 Å². The van der Waals surface area contributed by atoms with E-state index in [1.165, 1.54) is 0 Å². The van der Waals surface area contributed by atoms with Crippen molar-refractivity contribution in [1.29, 1.82) is 0 Å². The highest BCUT2D eigenvalue weighted by molar-refractivity contribution is 5.87. The molecule has 1 fully saturated rings. The lowest BCUT2D eigenvalue weighted by molar-refractivity contribution is -0.148. The number of nitrogens with one attached hydrogen (secondary N) is 2. The van der Waals surface area contributed by atoms with Crippen LogP contribution in [-0.2, 0) is 16.0 Å². The molecule has 0 saturated heterocycles. The molecule has 1 aliphatic rings. The van der Waals surface area contributed by atoms with Crippen LogP contribution in [0.1, 0.15) is 44.2 Å². The Balaban J connectivity index is 2.03. The number of carbonyl (C=O) groups is 2. The molecule has 0 unspecified atom stereocenters. The van der Waals surface area contributed by atoms with Crippen LogP contribution >= 0.6 is 0 Å². The summed E-state index contributed by atoms with van der Waals surface area (Å²) >= 11 is 0. The van der Waals surface area contributed by atoms with Crippen LogP contribution < -0.4 is 5.32 Å². The molecule has 6 nitrogen and oxygen atoms in total. The van der Waals surface area contributed by atoms with E-state index >= 15 is 0 Å². The minimum atomic E-state index is -1.09. The van der Waals surface area contributed by atoms with Gasteiger partial charge in [-0.05, 0) is 18.9 Å². The van der Waals surface area contributed by atoms with Gasteiger partial charge in [0.25, 0.3) is 0 Å². The lowest BCUT2D eigenvalue weighted by Crippen LogP contribution is -2.54. The second-order valence-electron chi connectivity index (χ2n) is 5.11. The largest absolute Gasteiger partial charge is 0.480 e. The van der Waals surface area contributed by atoms with Crippen molar-refractivity contribution >= 4 is 11.9 Å². The summed E-state index contributed by atoms with van der Waals surface area (Å²) in [4.78, 5) is 23.5. The summed E-state index contributed by atoms with van der Waals surface area (Å²) < 4.78 is 0. The molecule has 0 aliphatic heterocycles. The fourth-order valence-electron chi connectivity index (χ4n) is 2.59. The smallest absolute Gasteiger partial charge is 0.329 e. The molecule has 1 heterocycles. The summed E-state index contributed by atoms with van der Waals surface area (Å²) in [6.07, 6.45) is 6.48. The predicted molar refractivity (Wildman–Crippen MR) is 68.5 cm³/mol. The van der Waals surface area contributed by atoms with Gasteiger partial charge in [0.2, 0.25) is 5.91 Å². The van der Waals surface area contributed by atoms with E-state index in [0.29, 0.717) is 18.5 Å². The molecule has 1 aliphatic carbocycles. The van der Waals surface area contributed by atoms with Crippen LogP contribution in [0.4, 0.5) is 0 Å². The molecule has 2 rings (SSSR count). The molecular weight excluding hydrogens is 246 g/mol. The average molecular weight is 265 g/mol. The molecule has 0 atom stereocenters. The van der Waals surface area contributed by atoms with Gasteiger partial charge in [-0.25, -0.2) is 4.79 Å². The van der Waals surface area contributed by atoms with Crippen LogP contribution in [0.2, 0.25) is 0 Å². The SMILES string of the molecule is O=C(Cc1ccn[nH]1)NC1(C(=O)O)CCCCCC1. The van der Waals surface area contributed by atoms with Crippen molar-refractivity contribution in [3.63, 3.8) is 0 Å². The molecule has 1 saturated carbocycles. The monoisotopic (exact) mass is 265 g/mol. The molecule has 1 aromatic rings. The highest BCUT2D eigenvalue weighted by Gasteiger charge is 2.39. The number of carbonyl (C=O) groups excluding carboxylic acids is 1. The van der Waals surface area contributed by atoms with Gasteiger partial charge in [0.1, 0.15) is 5.54 Å². The molecular formula is C13H19N3O3. The van der Waals surface area contributed by atoms with Gasteiger partial charge in [0, 0.05) is 11.9 Å². The number of hydrogen-bond donors (Lipinski definition) is 3. The van der Waals surface area contributed by atoms with Crippen molar-refractivity contribution < 1.29 is 14.7 Å². The van der Waals surface area contributed by atoms with Gasteiger partial charge < -0.3 is 10.4 Å². The van der Waals surface area contributed by atoms with Crippen LogP contribution in [0.15, 0.2) is 12.3 Å². The number of hydrogen-bond acceptors (Lipinski definition) is 3. The Morgan fingerprint density at radius 1 is 1.32 bits per heavy atom. The van der Waals surface area contributed by atoms with E-state index < -0.39 is 11.5 Å². The summed E-state index contributed by atoms with van der Waals surface area (Å²) in [5, 5.41) is 18.6. The second kappa shape index (κ2) is 5.86. The van der Waals surface area contributed by atoms with E-state index in [2.05, 4.69) is 15.5 Å². The van der Waals surface area contributed by atoms with Crippen molar-refractivity contribution in [3.05, 3.63) is 18.0 Å². The number of carboxylic acid groups (broad SMARTS) is 1. The Morgan fingerprint density at radius 3 is 2.53 bits per heavy atom. The Bertz CT molecular complexity index is 434. The molecule has 0 radical (unpaired) electrons. The van der Waals surface area contributed by atoms with Gasteiger partial charge >= 0.3 is 5.97 Å². The number of amides is 1. The van der Waals surface area contributed by atoms with Crippen LogP contribution in [0.25, 0.3) is 0 Å². The number of carboxylic acids is 1. The number of aliphatic carboxylic acids is 1. The molecule has 104 valence electrons. The number of aromatic nitrogens is 2. The Morgan fingerprint density at radius 2 is 2.00 bits per heavy atom. The number of rotatable bonds is 4. The molecule has 0 bridgehead atoms. The Labute approximate surface area is 111 Å². The van der Waals surface area contributed by atoms with Gasteiger partial charge in [-0.1, -0.05) is 25.7 Å². The second-order valence-corrected chi connectivity index (χ2v) is 5.11. The minimum absolute atomic E-state index is 0.134. The number of H-pyrrole nitrogens is 1. The Kier molecular flexibility index (Phi) is 4.19. The van der Waals surface area contributed by atoms with Crippen molar-refractivity contribution in [2.45, 2.75) is 50.5 Å². The summed E-state index contributed by atoms with van der Waals surface area (Å²) in [7, 11) is 0. The fourth-order valence-corrected chi connectivity index (χ4v) is 2.59. The molecule has 19 heavy (non-hydrogen) atoms. The summed E-state index contributed by atoms with van der Waals surface area (Å²) in [5.74, 6) is -1.19. The van der Waals surface area contributed by atoms with Crippen molar-refractivity contribution in [2.24, 2.45) is 0 Å². The molecule has 1 amide bonds. The number of nitrogens with zero attached hydrogens (tertiary/aromatic N) is 1. The van der Waals surface area contributed by atoms with Gasteiger partial charge in [-0.15, -0.1) is 0 Å². The van der Waals surface area contributed by atoms with E-state index in [1.54, 1.807) is 12.3 Å². The van der Waals surface area contributed by atoms with E-state index in [9.17, 15) is 14.7 Å². The summed E-state index contributed by atoms with van der Waals surface area (Å²) in [6.45, 7) is 0. The molecule has 6 heteroatoms. The molecule has 1 aromatic heterocycles. The lowest BCUT2D eigenvalue weighted by Gasteiger charge is -2.29. The van der Waals surface area contributed by atoms with Gasteiger partial charge in [0.15, 0.2) is 0 Å². The standard InChI is InChI=1S/C13H19N3O3/c17-11(9-10-5-8-14-16-10)15-13(12(18)19)6-3-1-2-4-7-13/h5,8H,1-4,6-7,9H2,(H,14,16)(H,15,17)(H,18,19). The zero-order chi connectivity index (χ0) is 13.7. The maximum atomic E-state index is 12.0. The normalized spacial score (nSPS) is 18.5. The molecule has 0 spiro atoms. The molecule has 0 aromatic carbocycles. The minimum Gasteiger partial charge on any atom is -0.480 e. The highest BCUT2D eigenvalue weighted by Crippen LogP contribution is 2.27. The maximum Gasteiger partial charge on any atom is 0.329 e. The summed E-state index contributed by atoms with van der Waals surface area (Å²) in [6, 6.07) is 1.71. The third-order valence-electron chi connectivity index (χ3n) is 3.65. The van der Waals surface area contributed by atoms with E-state index in [-0.39, 0.29) is 12.3 Å². The van der Waals surface area contributed by atoms with Crippen molar-refractivity contribution in [1.82, 2.24) is 15.5 Å². The number of aromatic amines is 1. The quantitative estimate of drug-likeness (QED) is 0.714. The topological polar surface area (TPSA) is 95.1 Å². The first kappa shape index (κ1) is 13.6. The van der Waals surface area contributed by atoms with Crippen LogP contribution in [0.5, 0.6) is 0 Å². The third kappa shape index (κ3) is 3.33. The molecule has 3 N–H and O–H groups in total. The highest BCUT2D eigenvalue weighted by atomic mass is 16.4. The first-order valence-electron chi connectivity index (χ1n) is 6.65. The average Bonchev–Trinajstić information content (AvgIpc) is 2.73. The fraction of sp³-hybridized carbons (Fsp3) is 0.615. The summed E-state index contributed by atoms with van der Waals surface area (Å²) in [5.41, 5.74) is -0.403. The zero-order valence-electron chi connectivity index (χ0n) is 10.8. The maximum absolute atomic E-state index is 12.0. The first-order chi connectivity index (χ1) is 9.12. The van der Waals surface area contributed by atoms with Crippen LogP contribution in [0, 0.1) is 0 Å². The van der Waals surface area contributed by atoms with E-state index in [1.807, 2.05) is 0 Å². The third-order valence-corrected chi connectivity index (χ3v) is 3.65.